The van der Waals surface area contributed by atoms with Crippen LogP contribution in [0.2, 0.25) is 0 Å². The van der Waals surface area contributed by atoms with Gasteiger partial charge in [0.15, 0.2) is 0 Å². The Hall–Kier alpha value is -4.48. The molecule has 1 aliphatic rings. The number of carbonyl (C=O) groups excluding carboxylic acids is 1. The van der Waals surface area contributed by atoms with E-state index in [-0.39, 0.29) is 6.04 Å². The van der Waals surface area contributed by atoms with Gasteiger partial charge in [-0.2, -0.15) is 0 Å². The number of benzene rings is 4. The maximum absolute atomic E-state index is 14.0. The minimum absolute atomic E-state index is 0.0601. The summed E-state index contributed by atoms with van der Waals surface area (Å²) in [5.41, 5.74) is 2.38. The second-order valence-corrected chi connectivity index (χ2v) is 12.2. The number of nitrogens with one attached hydrogen (secondary N) is 2. The number of carbonyl (C=O) groups is 1. The van der Waals surface area contributed by atoms with Crippen molar-refractivity contribution in [3.05, 3.63) is 114 Å². The third kappa shape index (κ3) is 8.52. The van der Waals surface area contributed by atoms with Crippen LogP contribution in [0.4, 0.5) is 30.6 Å². The summed E-state index contributed by atoms with van der Waals surface area (Å²) in [6.45, 7) is 2.32. The molecule has 224 valence electrons. The van der Waals surface area contributed by atoms with Crippen molar-refractivity contribution in [3.63, 3.8) is 0 Å². The molecule has 0 aromatic heterocycles. The summed E-state index contributed by atoms with van der Waals surface area (Å²) in [5, 5.41) is 3.07. The molecule has 8 nitrogen and oxygen atoms in total. The van der Waals surface area contributed by atoms with Crippen LogP contribution in [-0.4, -0.2) is 44.7 Å². The zero-order valence-corrected chi connectivity index (χ0v) is 24.4. The number of hydrogen-bond acceptors (Lipinski definition) is 5. The molecule has 1 heterocycles. The lowest BCUT2D eigenvalue weighted by atomic mass is 10.0. The molecule has 0 bridgehead atoms. The van der Waals surface area contributed by atoms with Crippen molar-refractivity contribution in [1.82, 2.24) is 10.2 Å². The molecule has 4 aromatic rings. The Balaban J connectivity index is 1.13. The van der Waals surface area contributed by atoms with E-state index in [4.69, 9.17) is 4.74 Å². The Morgan fingerprint density at radius 1 is 0.860 bits per heavy atom. The zero-order valence-electron chi connectivity index (χ0n) is 23.5. The number of rotatable bonds is 9. The molecule has 0 aliphatic carbocycles. The summed E-state index contributed by atoms with van der Waals surface area (Å²) in [5.74, 6) is 0.363. The number of amides is 2. The second-order valence-electron chi connectivity index (χ2n) is 10.4. The van der Waals surface area contributed by atoms with Gasteiger partial charge in [0.1, 0.15) is 23.1 Å². The van der Waals surface area contributed by atoms with Crippen molar-refractivity contribution in [2.45, 2.75) is 25.4 Å². The molecule has 5 rings (SSSR count). The van der Waals surface area contributed by atoms with Gasteiger partial charge in [0.05, 0.1) is 17.6 Å². The Bertz CT molecular complexity index is 1640. The smallest absolute Gasteiger partial charge is 0.326 e. The number of likely N-dealkylation sites (tertiary alicyclic amines) is 1. The summed E-state index contributed by atoms with van der Waals surface area (Å²) in [4.78, 5) is 17.0. The SMILES string of the molecule is CS(=O)(=O)Nc1ccc(Oc2ccc(CN3CCC(NC(=O)N(c4ccc(F)cc4)c4cccc(F)c4)CC3)cc2)cc1. The highest BCUT2D eigenvalue weighted by atomic mass is 32.2. The summed E-state index contributed by atoms with van der Waals surface area (Å²) in [7, 11) is -3.34. The van der Waals surface area contributed by atoms with Gasteiger partial charge in [0, 0.05) is 31.4 Å². The lowest BCUT2D eigenvalue weighted by Gasteiger charge is -2.34. The van der Waals surface area contributed by atoms with Crippen molar-refractivity contribution in [2.75, 3.05) is 29.0 Å². The van der Waals surface area contributed by atoms with Crippen molar-refractivity contribution < 1.29 is 26.7 Å². The van der Waals surface area contributed by atoms with Gasteiger partial charge in [-0.25, -0.2) is 22.0 Å². The number of halogens is 2. The topological polar surface area (TPSA) is 91.0 Å². The van der Waals surface area contributed by atoms with E-state index < -0.39 is 27.7 Å². The van der Waals surface area contributed by atoms with Crippen LogP contribution in [0.3, 0.4) is 0 Å². The molecule has 0 radical (unpaired) electrons. The molecule has 2 N–H and O–H groups in total. The van der Waals surface area contributed by atoms with Crippen LogP contribution in [0.1, 0.15) is 18.4 Å². The van der Waals surface area contributed by atoms with E-state index >= 15 is 0 Å². The predicted molar refractivity (Wildman–Crippen MR) is 163 cm³/mol. The average Bonchev–Trinajstić information content (AvgIpc) is 2.97. The number of sulfonamides is 1. The van der Waals surface area contributed by atoms with E-state index in [2.05, 4.69) is 14.9 Å². The third-order valence-corrected chi connectivity index (χ3v) is 7.60. The van der Waals surface area contributed by atoms with Gasteiger partial charge in [0.2, 0.25) is 10.0 Å². The van der Waals surface area contributed by atoms with Crippen LogP contribution in [0.5, 0.6) is 11.5 Å². The van der Waals surface area contributed by atoms with Crippen molar-refractivity contribution in [3.8, 4) is 11.5 Å². The monoisotopic (exact) mass is 606 g/mol. The van der Waals surface area contributed by atoms with Gasteiger partial charge in [-0.05, 0) is 97.3 Å². The molecule has 0 spiro atoms. The summed E-state index contributed by atoms with van der Waals surface area (Å²) >= 11 is 0. The highest BCUT2D eigenvalue weighted by molar-refractivity contribution is 7.92. The van der Waals surface area contributed by atoms with Crippen LogP contribution in [-0.2, 0) is 16.6 Å². The molecule has 1 aliphatic heterocycles. The first-order valence-electron chi connectivity index (χ1n) is 13.8. The fourth-order valence-electron chi connectivity index (χ4n) is 4.93. The lowest BCUT2D eigenvalue weighted by molar-refractivity contribution is 0.189. The van der Waals surface area contributed by atoms with Gasteiger partial charge in [-0.1, -0.05) is 18.2 Å². The molecule has 43 heavy (non-hydrogen) atoms. The van der Waals surface area contributed by atoms with Gasteiger partial charge in [-0.3, -0.25) is 14.5 Å². The Morgan fingerprint density at radius 3 is 2.09 bits per heavy atom. The number of urea groups is 1. The van der Waals surface area contributed by atoms with Gasteiger partial charge >= 0.3 is 6.03 Å². The van der Waals surface area contributed by atoms with E-state index in [0.717, 1.165) is 44.3 Å². The maximum atomic E-state index is 14.0. The molecule has 2 amide bonds. The van der Waals surface area contributed by atoms with Crippen LogP contribution in [0.15, 0.2) is 97.1 Å². The van der Waals surface area contributed by atoms with Crippen LogP contribution < -0.4 is 19.7 Å². The van der Waals surface area contributed by atoms with E-state index in [1.54, 1.807) is 30.3 Å². The number of hydrogen-bond donors (Lipinski definition) is 2. The molecular formula is C32H32F2N4O4S. The fourth-order valence-corrected chi connectivity index (χ4v) is 5.49. The first-order valence-corrected chi connectivity index (χ1v) is 15.7. The average molecular weight is 607 g/mol. The van der Waals surface area contributed by atoms with Gasteiger partial charge in [0.25, 0.3) is 0 Å². The second kappa shape index (κ2) is 13.2. The summed E-state index contributed by atoms with van der Waals surface area (Å²) in [6, 6.07) is 25.3. The highest BCUT2D eigenvalue weighted by Crippen LogP contribution is 2.28. The minimum Gasteiger partial charge on any atom is -0.457 e. The molecule has 1 saturated heterocycles. The van der Waals surface area contributed by atoms with E-state index in [0.29, 0.717) is 28.6 Å². The predicted octanol–water partition coefficient (Wildman–Crippen LogP) is 6.64. The Kier molecular flexibility index (Phi) is 9.22. The molecule has 0 unspecified atom stereocenters. The lowest BCUT2D eigenvalue weighted by Crippen LogP contribution is -2.48. The number of ether oxygens (including phenoxy) is 1. The first-order chi connectivity index (χ1) is 20.6. The number of piperidine rings is 1. The summed E-state index contributed by atoms with van der Waals surface area (Å²) < 4.78 is 58.5. The molecule has 4 aromatic carbocycles. The van der Waals surface area contributed by atoms with Crippen molar-refractivity contribution in [2.24, 2.45) is 0 Å². The van der Waals surface area contributed by atoms with Crippen LogP contribution >= 0.6 is 0 Å². The van der Waals surface area contributed by atoms with Crippen LogP contribution in [0, 0.1) is 11.6 Å². The molecular weight excluding hydrogens is 574 g/mol. The molecule has 0 saturated carbocycles. The quantitative estimate of drug-likeness (QED) is 0.223. The van der Waals surface area contributed by atoms with Gasteiger partial charge in [-0.15, -0.1) is 0 Å². The van der Waals surface area contributed by atoms with E-state index in [1.165, 1.54) is 47.4 Å². The van der Waals surface area contributed by atoms with E-state index in [1.807, 2.05) is 24.3 Å². The normalized spacial score (nSPS) is 14.2. The molecule has 11 heteroatoms. The van der Waals surface area contributed by atoms with Crippen molar-refractivity contribution >= 4 is 33.1 Å². The third-order valence-electron chi connectivity index (χ3n) is 6.99. The maximum Gasteiger partial charge on any atom is 0.326 e. The van der Waals surface area contributed by atoms with Crippen LogP contribution in [0.25, 0.3) is 0 Å². The fraction of sp³-hybridized carbons (Fsp3) is 0.219. The highest BCUT2D eigenvalue weighted by Gasteiger charge is 2.25. The first kappa shape index (κ1) is 30.0. The van der Waals surface area contributed by atoms with Crippen molar-refractivity contribution in [1.29, 1.82) is 0 Å². The molecule has 1 fully saturated rings. The molecule has 0 atom stereocenters. The standard InChI is InChI=1S/C32H32F2N4O4S/c1-43(40,41)36-27-9-15-31(16-10-27)42-30-13-5-23(6-14-30)22-37-19-17-26(18-20-37)35-32(39)38(28-11-7-24(33)8-12-28)29-4-2-3-25(34)21-29/h2-16,21,26,36H,17-20,22H2,1H3,(H,35,39). The largest absolute Gasteiger partial charge is 0.457 e. The van der Waals surface area contributed by atoms with Gasteiger partial charge < -0.3 is 10.1 Å². The van der Waals surface area contributed by atoms with E-state index in [9.17, 15) is 22.0 Å². The minimum atomic E-state index is -3.34. The number of nitrogens with zero attached hydrogens (tertiary/aromatic N) is 2. The Morgan fingerprint density at radius 2 is 1.49 bits per heavy atom. The summed E-state index contributed by atoms with van der Waals surface area (Å²) in [6.07, 6.45) is 2.59. The Labute approximate surface area is 250 Å². The zero-order chi connectivity index (χ0) is 30.4. The number of anilines is 3.